The van der Waals surface area contributed by atoms with E-state index in [4.69, 9.17) is 17.3 Å². The van der Waals surface area contributed by atoms with Gasteiger partial charge in [-0.2, -0.15) is 4.98 Å². The average Bonchev–Trinajstić information content (AvgIpc) is 2.42. The highest BCUT2D eigenvalue weighted by molar-refractivity contribution is 6.34. The standard InChI is InChI=1S/C8H7ClN4O/c1-4(14)5-3-13-7(2-6(5)9)11-8(10)12-13/h2-3H,1H3,(H2,10,12). The molecule has 0 aromatic carbocycles. The summed E-state index contributed by atoms with van der Waals surface area (Å²) in [6.07, 6.45) is 1.52. The van der Waals surface area contributed by atoms with Crippen molar-refractivity contribution in [2.75, 3.05) is 5.73 Å². The predicted molar refractivity (Wildman–Crippen MR) is 52.4 cm³/mol. The fourth-order valence-corrected chi connectivity index (χ4v) is 1.46. The van der Waals surface area contributed by atoms with Gasteiger partial charge in [0.25, 0.3) is 0 Å². The van der Waals surface area contributed by atoms with Crippen LogP contribution in [-0.2, 0) is 0 Å². The minimum atomic E-state index is -0.119. The first-order valence-corrected chi connectivity index (χ1v) is 4.28. The fourth-order valence-electron chi connectivity index (χ4n) is 1.18. The summed E-state index contributed by atoms with van der Waals surface area (Å²) in [4.78, 5) is 15.0. The van der Waals surface area contributed by atoms with Gasteiger partial charge in [0.2, 0.25) is 5.95 Å². The smallest absolute Gasteiger partial charge is 0.240 e. The number of rotatable bonds is 1. The molecule has 5 nitrogen and oxygen atoms in total. The van der Waals surface area contributed by atoms with Crippen LogP contribution in [0.15, 0.2) is 12.3 Å². The topological polar surface area (TPSA) is 73.3 Å². The molecule has 0 aliphatic rings. The number of carbonyl (C=O) groups excluding carboxylic acids is 1. The number of nitrogens with zero attached hydrogens (tertiary/aromatic N) is 3. The van der Waals surface area contributed by atoms with Crippen molar-refractivity contribution in [1.29, 1.82) is 0 Å². The number of halogens is 1. The van der Waals surface area contributed by atoms with Crippen LogP contribution in [0.1, 0.15) is 17.3 Å². The Morgan fingerprint density at radius 3 is 3.00 bits per heavy atom. The van der Waals surface area contributed by atoms with Crippen LogP contribution < -0.4 is 5.73 Å². The van der Waals surface area contributed by atoms with Gasteiger partial charge >= 0.3 is 0 Å². The van der Waals surface area contributed by atoms with Gasteiger partial charge < -0.3 is 5.73 Å². The van der Waals surface area contributed by atoms with Crippen molar-refractivity contribution >= 4 is 29.0 Å². The molecule has 0 atom stereocenters. The van der Waals surface area contributed by atoms with E-state index in [-0.39, 0.29) is 11.7 Å². The number of nitrogen functional groups attached to an aromatic ring is 1. The molecular weight excluding hydrogens is 204 g/mol. The summed E-state index contributed by atoms with van der Waals surface area (Å²) in [5.74, 6) is 0.0349. The summed E-state index contributed by atoms with van der Waals surface area (Å²) in [7, 11) is 0. The molecule has 2 aromatic heterocycles. The van der Waals surface area contributed by atoms with Gasteiger partial charge in [-0.05, 0) is 6.92 Å². The van der Waals surface area contributed by atoms with Gasteiger partial charge in [-0.15, -0.1) is 5.10 Å². The van der Waals surface area contributed by atoms with Crippen molar-refractivity contribution in [2.24, 2.45) is 0 Å². The number of ketones is 1. The minimum absolute atomic E-state index is 0.119. The van der Waals surface area contributed by atoms with Gasteiger partial charge in [-0.3, -0.25) is 4.79 Å². The largest absolute Gasteiger partial charge is 0.366 e. The molecule has 0 unspecified atom stereocenters. The second kappa shape index (κ2) is 2.95. The maximum Gasteiger partial charge on any atom is 0.240 e. The highest BCUT2D eigenvalue weighted by atomic mass is 35.5. The molecule has 0 fully saturated rings. The Morgan fingerprint density at radius 2 is 2.36 bits per heavy atom. The van der Waals surface area contributed by atoms with Crippen molar-refractivity contribution in [3.63, 3.8) is 0 Å². The molecule has 0 aliphatic heterocycles. The molecule has 14 heavy (non-hydrogen) atoms. The third-order valence-electron chi connectivity index (χ3n) is 1.82. The molecule has 72 valence electrons. The van der Waals surface area contributed by atoms with Crippen LogP contribution in [0.5, 0.6) is 0 Å². The fraction of sp³-hybridized carbons (Fsp3) is 0.125. The normalized spacial score (nSPS) is 10.7. The second-order valence-electron chi connectivity index (χ2n) is 2.86. The maximum absolute atomic E-state index is 11.1. The quantitative estimate of drug-likeness (QED) is 0.717. The lowest BCUT2D eigenvalue weighted by atomic mass is 10.2. The summed E-state index contributed by atoms with van der Waals surface area (Å²) in [6.45, 7) is 1.44. The number of pyridine rings is 1. The number of Topliss-reactive ketones (excluding diaryl/α,β-unsaturated/α-hetero) is 1. The average molecular weight is 211 g/mol. The molecule has 0 radical (unpaired) electrons. The van der Waals surface area contributed by atoms with E-state index in [9.17, 15) is 4.79 Å². The zero-order chi connectivity index (χ0) is 10.3. The van der Waals surface area contributed by atoms with Gasteiger partial charge in [0, 0.05) is 12.3 Å². The highest BCUT2D eigenvalue weighted by Gasteiger charge is 2.09. The van der Waals surface area contributed by atoms with Gasteiger partial charge in [-0.25, -0.2) is 4.52 Å². The van der Waals surface area contributed by atoms with Crippen LogP contribution in [0.4, 0.5) is 5.95 Å². The molecule has 2 heterocycles. The lowest BCUT2D eigenvalue weighted by Crippen LogP contribution is -1.98. The van der Waals surface area contributed by atoms with Crippen LogP contribution in [0.25, 0.3) is 5.65 Å². The van der Waals surface area contributed by atoms with Crippen LogP contribution in [-0.4, -0.2) is 20.4 Å². The Morgan fingerprint density at radius 1 is 1.64 bits per heavy atom. The van der Waals surface area contributed by atoms with E-state index in [0.717, 1.165) is 0 Å². The molecule has 0 amide bonds. The zero-order valence-corrected chi connectivity index (χ0v) is 8.12. The first-order valence-electron chi connectivity index (χ1n) is 3.90. The van der Waals surface area contributed by atoms with Crippen molar-refractivity contribution in [1.82, 2.24) is 14.6 Å². The number of fused-ring (bicyclic) bond motifs is 1. The van der Waals surface area contributed by atoms with Gasteiger partial charge in [-0.1, -0.05) is 11.6 Å². The monoisotopic (exact) mass is 210 g/mol. The van der Waals surface area contributed by atoms with E-state index in [1.807, 2.05) is 0 Å². The van der Waals surface area contributed by atoms with E-state index < -0.39 is 0 Å². The van der Waals surface area contributed by atoms with Gasteiger partial charge in [0.15, 0.2) is 11.4 Å². The SMILES string of the molecule is CC(=O)c1cn2nc(N)nc2cc1Cl. The summed E-state index contributed by atoms with van der Waals surface area (Å²) in [5, 5.41) is 4.23. The number of hydrogen-bond acceptors (Lipinski definition) is 4. The number of anilines is 1. The zero-order valence-electron chi connectivity index (χ0n) is 7.36. The Kier molecular flexibility index (Phi) is 1.89. The minimum Gasteiger partial charge on any atom is -0.366 e. The number of nitrogens with two attached hydrogens (primary N) is 1. The molecule has 6 heteroatoms. The molecule has 0 saturated heterocycles. The third kappa shape index (κ3) is 1.31. The second-order valence-corrected chi connectivity index (χ2v) is 3.27. The Bertz CT molecular complexity index is 519. The van der Waals surface area contributed by atoms with Crippen molar-refractivity contribution in [3.05, 3.63) is 22.8 Å². The number of carbonyl (C=O) groups is 1. The summed E-state index contributed by atoms with van der Waals surface area (Å²) in [5.41, 5.74) is 6.33. The summed E-state index contributed by atoms with van der Waals surface area (Å²) >= 11 is 5.86. The lowest BCUT2D eigenvalue weighted by Gasteiger charge is -1.99. The van der Waals surface area contributed by atoms with E-state index in [2.05, 4.69) is 10.1 Å². The van der Waals surface area contributed by atoms with E-state index in [1.54, 1.807) is 6.07 Å². The molecule has 2 rings (SSSR count). The number of aromatic nitrogens is 3. The Balaban J connectivity index is 2.76. The predicted octanol–water partition coefficient (Wildman–Crippen LogP) is 1.17. The van der Waals surface area contributed by atoms with E-state index in [1.165, 1.54) is 17.6 Å². The Hall–Kier alpha value is -1.62. The van der Waals surface area contributed by atoms with E-state index >= 15 is 0 Å². The Labute approximate surface area is 84.5 Å². The van der Waals surface area contributed by atoms with Crippen LogP contribution >= 0.6 is 11.6 Å². The molecular formula is C8H7ClN4O. The molecule has 0 saturated carbocycles. The highest BCUT2D eigenvalue weighted by Crippen LogP contribution is 2.18. The summed E-state index contributed by atoms with van der Waals surface area (Å²) < 4.78 is 1.43. The van der Waals surface area contributed by atoms with Crippen molar-refractivity contribution < 1.29 is 4.79 Å². The third-order valence-corrected chi connectivity index (χ3v) is 2.13. The molecule has 0 aliphatic carbocycles. The van der Waals surface area contributed by atoms with Gasteiger partial charge in [0.05, 0.1) is 10.6 Å². The van der Waals surface area contributed by atoms with E-state index in [0.29, 0.717) is 16.2 Å². The van der Waals surface area contributed by atoms with Gasteiger partial charge in [0.1, 0.15) is 0 Å². The summed E-state index contributed by atoms with van der Waals surface area (Å²) in [6, 6.07) is 1.56. The van der Waals surface area contributed by atoms with Crippen molar-refractivity contribution in [3.8, 4) is 0 Å². The van der Waals surface area contributed by atoms with Crippen LogP contribution in [0, 0.1) is 0 Å². The first kappa shape index (κ1) is 8.96. The molecule has 0 spiro atoms. The molecule has 2 N–H and O–H groups in total. The first-order chi connectivity index (χ1) is 6.58. The van der Waals surface area contributed by atoms with Crippen LogP contribution in [0.2, 0.25) is 5.02 Å². The molecule has 2 aromatic rings. The van der Waals surface area contributed by atoms with Crippen LogP contribution in [0.3, 0.4) is 0 Å². The lowest BCUT2D eigenvalue weighted by molar-refractivity contribution is 0.101. The maximum atomic E-state index is 11.1. The number of hydrogen-bond donors (Lipinski definition) is 1. The molecule has 0 bridgehead atoms. The van der Waals surface area contributed by atoms with Crippen molar-refractivity contribution in [2.45, 2.75) is 6.92 Å².